The van der Waals surface area contributed by atoms with Gasteiger partial charge in [-0.25, -0.2) is 9.97 Å². The van der Waals surface area contributed by atoms with Gasteiger partial charge in [0.15, 0.2) is 0 Å². The molecule has 4 N–H and O–H groups in total. The maximum absolute atomic E-state index is 8.99. The molecule has 0 aliphatic rings. The van der Waals surface area contributed by atoms with E-state index in [0.717, 1.165) is 6.42 Å². The Morgan fingerprint density at radius 3 is 2.79 bits per heavy atom. The number of nitrogen functional groups attached to an aromatic ring is 1. The molecule has 1 unspecified atom stereocenters. The van der Waals surface area contributed by atoms with Crippen molar-refractivity contribution < 1.29 is 5.11 Å². The smallest absolute Gasteiger partial charge is 0.132 e. The molecule has 1 rings (SSSR count). The molecule has 1 aromatic heterocycles. The first-order valence-electron chi connectivity index (χ1n) is 4.64. The summed E-state index contributed by atoms with van der Waals surface area (Å²) in [6, 6.07) is 1.68. The molecule has 0 radical (unpaired) electrons. The van der Waals surface area contributed by atoms with Crippen LogP contribution in [0.15, 0.2) is 6.07 Å². The quantitative estimate of drug-likeness (QED) is 0.655. The van der Waals surface area contributed by atoms with Gasteiger partial charge in [0, 0.05) is 6.07 Å². The van der Waals surface area contributed by atoms with Crippen molar-refractivity contribution in [2.24, 2.45) is 0 Å². The number of aliphatic hydroxyl groups is 1. The van der Waals surface area contributed by atoms with E-state index in [1.54, 1.807) is 13.0 Å². The predicted octanol–water partition coefficient (Wildman–Crippen LogP) is 0.550. The number of hydrogen-bond acceptors (Lipinski definition) is 5. The molecule has 0 aliphatic carbocycles. The Hall–Kier alpha value is -1.36. The number of rotatable bonds is 4. The van der Waals surface area contributed by atoms with E-state index in [0.29, 0.717) is 17.5 Å². The predicted molar refractivity (Wildman–Crippen MR) is 56.0 cm³/mol. The summed E-state index contributed by atoms with van der Waals surface area (Å²) in [4.78, 5) is 8.11. The lowest BCUT2D eigenvalue weighted by molar-refractivity contribution is 0.271. The van der Waals surface area contributed by atoms with E-state index in [-0.39, 0.29) is 12.6 Å². The lowest BCUT2D eigenvalue weighted by Crippen LogP contribution is -2.23. The van der Waals surface area contributed by atoms with Crippen LogP contribution in [-0.2, 0) is 0 Å². The number of nitrogens with one attached hydrogen (secondary N) is 1. The monoisotopic (exact) mass is 196 g/mol. The fourth-order valence-corrected chi connectivity index (χ4v) is 1.15. The summed E-state index contributed by atoms with van der Waals surface area (Å²) in [6.45, 7) is 3.85. The summed E-state index contributed by atoms with van der Waals surface area (Å²) in [5.41, 5.74) is 5.56. The molecule has 78 valence electrons. The number of nitrogens with zero attached hydrogens (tertiary/aromatic N) is 2. The summed E-state index contributed by atoms with van der Waals surface area (Å²) in [6.07, 6.45) is 0.833. The highest BCUT2D eigenvalue weighted by Gasteiger charge is 2.05. The van der Waals surface area contributed by atoms with Crippen LogP contribution in [0.25, 0.3) is 0 Å². The molecule has 1 aromatic rings. The summed E-state index contributed by atoms with van der Waals surface area (Å²) < 4.78 is 0. The van der Waals surface area contributed by atoms with Gasteiger partial charge in [0.1, 0.15) is 17.5 Å². The summed E-state index contributed by atoms with van der Waals surface area (Å²) in [5, 5.41) is 12.1. The minimum absolute atomic E-state index is 0.0173. The fourth-order valence-electron chi connectivity index (χ4n) is 1.15. The van der Waals surface area contributed by atoms with Crippen molar-refractivity contribution in [3.05, 3.63) is 11.9 Å². The van der Waals surface area contributed by atoms with Crippen molar-refractivity contribution in [1.29, 1.82) is 0 Å². The van der Waals surface area contributed by atoms with Gasteiger partial charge in [0.2, 0.25) is 0 Å². The SMILES string of the molecule is CCC(CO)Nc1cc(N)nc(C)n1. The standard InChI is InChI=1S/C9H16N4O/c1-3-7(5-14)13-9-4-8(10)11-6(2)12-9/h4,7,14H,3,5H2,1-2H3,(H3,10,11,12,13). The summed E-state index contributed by atoms with van der Waals surface area (Å²) in [5.74, 6) is 1.73. The second kappa shape index (κ2) is 4.76. The van der Waals surface area contributed by atoms with Gasteiger partial charge >= 0.3 is 0 Å². The zero-order valence-corrected chi connectivity index (χ0v) is 8.49. The first kappa shape index (κ1) is 10.7. The second-order valence-electron chi connectivity index (χ2n) is 3.16. The van der Waals surface area contributed by atoms with E-state index in [2.05, 4.69) is 15.3 Å². The lowest BCUT2D eigenvalue weighted by Gasteiger charge is -2.14. The van der Waals surface area contributed by atoms with E-state index in [9.17, 15) is 0 Å². The van der Waals surface area contributed by atoms with Crippen molar-refractivity contribution in [3.8, 4) is 0 Å². The van der Waals surface area contributed by atoms with E-state index in [1.165, 1.54) is 0 Å². The van der Waals surface area contributed by atoms with Crippen LogP contribution in [0.5, 0.6) is 0 Å². The third kappa shape index (κ3) is 2.85. The van der Waals surface area contributed by atoms with Crippen LogP contribution >= 0.6 is 0 Å². The van der Waals surface area contributed by atoms with Crippen molar-refractivity contribution in [1.82, 2.24) is 9.97 Å². The Kier molecular flexibility index (Phi) is 3.64. The minimum atomic E-state index is 0.0173. The highest BCUT2D eigenvalue weighted by molar-refractivity contribution is 5.45. The third-order valence-electron chi connectivity index (χ3n) is 1.92. The number of aliphatic hydroxyl groups excluding tert-OH is 1. The van der Waals surface area contributed by atoms with Crippen LogP contribution in [0.3, 0.4) is 0 Å². The van der Waals surface area contributed by atoms with E-state index in [4.69, 9.17) is 10.8 Å². The topological polar surface area (TPSA) is 84.1 Å². The average Bonchev–Trinajstić information content (AvgIpc) is 2.12. The first-order chi connectivity index (χ1) is 6.65. The van der Waals surface area contributed by atoms with Crippen molar-refractivity contribution >= 4 is 11.6 Å². The Labute approximate surface area is 83.4 Å². The summed E-state index contributed by atoms with van der Waals surface area (Å²) in [7, 11) is 0. The molecule has 0 amide bonds. The van der Waals surface area contributed by atoms with Gasteiger partial charge in [-0.2, -0.15) is 0 Å². The highest BCUT2D eigenvalue weighted by atomic mass is 16.3. The number of aromatic nitrogens is 2. The number of nitrogens with two attached hydrogens (primary N) is 1. The fraction of sp³-hybridized carbons (Fsp3) is 0.556. The molecule has 14 heavy (non-hydrogen) atoms. The number of aryl methyl sites for hydroxylation is 1. The van der Waals surface area contributed by atoms with Gasteiger partial charge < -0.3 is 16.2 Å². The molecule has 0 saturated heterocycles. The highest BCUT2D eigenvalue weighted by Crippen LogP contribution is 2.09. The molecule has 0 saturated carbocycles. The zero-order valence-electron chi connectivity index (χ0n) is 8.49. The van der Waals surface area contributed by atoms with Gasteiger partial charge in [-0.15, -0.1) is 0 Å². The number of anilines is 2. The molecule has 0 spiro atoms. The molecule has 0 aromatic carbocycles. The lowest BCUT2D eigenvalue weighted by atomic mass is 10.2. The van der Waals surface area contributed by atoms with Crippen LogP contribution in [0.1, 0.15) is 19.2 Å². The van der Waals surface area contributed by atoms with E-state index < -0.39 is 0 Å². The van der Waals surface area contributed by atoms with Crippen LogP contribution < -0.4 is 11.1 Å². The normalized spacial score (nSPS) is 12.5. The Morgan fingerprint density at radius 1 is 1.57 bits per heavy atom. The second-order valence-corrected chi connectivity index (χ2v) is 3.16. The van der Waals surface area contributed by atoms with E-state index in [1.807, 2.05) is 6.92 Å². The van der Waals surface area contributed by atoms with Gasteiger partial charge in [-0.3, -0.25) is 0 Å². The largest absolute Gasteiger partial charge is 0.394 e. The van der Waals surface area contributed by atoms with Gasteiger partial charge in [0.05, 0.1) is 12.6 Å². The Balaban J connectivity index is 2.75. The van der Waals surface area contributed by atoms with E-state index >= 15 is 0 Å². The molecule has 1 heterocycles. The Bertz CT molecular complexity index is 279. The molecular weight excluding hydrogens is 180 g/mol. The molecular formula is C9H16N4O. The molecule has 5 nitrogen and oxygen atoms in total. The maximum atomic E-state index is 8.99. The van der Waals surface area contributed by atoms with Crippen LogP contribution in [0, 0.1) is 6.92 Å². The molecule has 0 fully saturated rings. The average molecular weight is 196 g/mol. The van der Waals surface area contributed by atoms with Crippen molar-refractivity contribution in [2.45, 2.75) is 26.3 Å². The van der Waals surface area contributed by atoms with Crippen LogP contribution in [0.4, 0.5) is 11.6 Å². The van der Waals surface area contributed by atoms with Crippen molar-refractivity contribution in [2.75, 3.05) is 17.7 Å². The van der Waals surface area contributed by atoms with Crippen LogP contribution in [0.2, 0.25) is 0 Å². The minimum Gasteiger partial charge on any atom is -0.394 e. The maximum Gasteiger partial charge on any atom is 0.132 e. The van der Waals surface area contributed by atoms with Gasteiger partial charge in [-0.1, -0.05) is 6.92 Å². The third-order valence-corrected chi connectivity index (χ3v) is 1.92. The zero-order chi connectivity index (χ0) is 10.6. The van der Waals surface area contributed by atoms with Crippen LogP contribution in [-0.4, -0.2) is 27.7 Å². The Morgan fingerprint density at radius 2 is 2.29 bits per heavy atom. The van der Waals surface area contributed by atoms with Crippen molar-refractivity contribution in [3.63, 3.8) is 0 Å². The molecule has 1 atom stereocenters. The molecule has 5 heteroatoms. The van der Waals surface area contributed by atoms with Gasteiger partial charge in [0.25, 0.3) is 0 Å². The molecule has 0 bridgehead atoms. The number of hydrogen-bond donors (Lipinski definition) is 3. The first-order valence-corrected chi connectivity index (χ1v) is 4.64. The van der Waals surface area contributed by atoms with Gasteiger partial charge in [-0.05, 0) is 13.3 Å². The molecule has 0 aliphatic heterocycles. The summed E-state index contributed by atoms with van der Waals surface area (Å²) >= 11 is 0.